The first-order valence-corrected chi connectivity index (χ1v) is 9.56. The highest BCUT2D eigenvalue weighted by Crippen LogP contribution is 2.24. The summed E-state index contributed by atoms with van der Waals surface area (Å²) in [5, 5.41) is 20.5. The van der Waals surface area contributed by atoms with Gasteiger partial charge in [-0.25, -0.2) is 0 Å². The molecule has 0 fully saturated rings. The smallest absolute Gasteiger partial charge is 0.191 e. The summed E-state index contributed by atoms with van der Waals surface area (Å²) < 4.78 is 1.92. The van der Waals surface area contributed by atoms with Gasteiger partial charge in [-0.05, 0) is 35.2 Å². The van der Waals surface area contributed by atoms with E-state index in [9.17, 15) is 5.11 Å². The maximum absolute atomic E-state index is 9.68. The number of rotatable bonds is 6. The first-order valence-electron chi connectivity index (χ1n) is 9.56. The van der Waals surface area contributed by atoms with E-state index in [0.29, 0.717) is 13.1 Å². The topological polar surface area (TPSA) is 74.5 Å². The van der Waals surface area contributed by atoms with Crippen LogP contribution in [0.4, 0.5) is 0 Å². The minimum atomic E-state index is -0.421. The van der Waals surface area contributed by atoms with Gasteiger partial charge in [0.2, 0.25) is 0 Å². The number of aromatic nitrogens is 2. The van der Waals surface area contributed by atoms with Crippen LogP contribution in [-0.4, -0.2) is 39.5 Å². The highest BCUT2D eigenvalue weighted by Gasteiger charge is 2.21. The predicted molar refractivity (Wildman–Crippen MR) is 126 cm³/mol. The van der Waals surface area contributed by atoms with E-state index in [2.05, 4.69) is 69.3 Å². The Morgan fingerprint density at radius 2 is 1.97 bits per heavy atom. The van der Waals surface area contributed by atoms with Crippen LogP contribution in [-0.2, 0) is 13.1 Å². The van der Waals surface area contributed by atoms with Crippen molar-refractivity contribution in [2.45, 2.75) is 32.2 Å². The lowest BCUT2D eigenvalue weighted by molar-refractivity contribution is 0.161. The summed E-state index contributed by atoms with van der Waals surface area (Å²) in [5.41, 5.74) is 4.81. The van der Waals surface area contributed by atoms with Crippen LogP contribution >= 0.6 is 24.0 Å². The number of nitrogens with one attached hydrogen (secondary N) is 2. The molecule has 7 heteroatoms. The number of nitrogens with zero attached hydrogens (tertiary/aromatic N) is 3. The quantitative estimate of drug-likeness (QED) is 0.453. The third-order valence-electron chi connectivity index (χ3n) is 4.98. The van der Waals surface area contributed by atoms with Crippen LogP contribution in [0.25, 0.3) is 11.1 Å². The second-order valence-corrected chi connectivity index (χ2v) is 7.09. The molecule has 0 saturated heterocycles. The molecule has 3 aromatic rings. The molecule has 1 aliphatic rings. The van der Waals surface area contributed by atoms with Crippen LogP contribution in [0, 0.1) is 0 Å². The number of guanidine groups is 1. The molecule has 6 nitrogen and oxygen atoms in total. The number of halogens is 1. The number of aliphatic hydroxyl groups is 1. The van der Waals surface area contributed by atoms with Gasteiger partial charge in [-0.3, -0.25) is 9.67 Å². The van der Waals surface area contributed by atoms with Crippen molar-refractivity contribution >= 4 is 29.9 Å². The zero-order valence-corrected chi connectivity index (χ0v) is 18.7. The second-order valence-electron chi connectivity index (χ2n) is 7.09. The Bertz CT molecular complexity index is 938. The summed E-state index contributed by atoms with van der Waals surface area (Å²) in [6.07, 6.45) is 3.34. The van der Waals surface area contributed by atoms with Crippen molar-refractivity contribution in [3.63, 3.8) is 0 Å². The van der Waals surface area contributed by atoms with E-state index in [1.54, 1.807) is 13.1 Å². The van der Waals surface area contributed by atoms with Crippen molar-refractivity contribution in [1.82, 2.24) is 20.4 Å². The monoisotopic (exact) mass is 503 g/mol. The molecule has 0 amide bonds. The van der Waals surface area contributed by atoms with Gasteiger partial charge in [-0.1, -0.05) is 48.5 Å². The van der Waals surface area contributed by atoms with Crippen LogP contribution in [0.5, 0.6) is 0 Å². The Balaban J connectivity index is 0.00000240. The van der Waals surface area contributed by atoms with E-state index in [1.165, 1.54) is 22.3 Å². The molecule has 0 bridgehead atoms. The van der Waals surface area contributed by atoms with Crippen LogP contribution in [0.3, 0.4) is 0 Å². The van der Waals surface area contributed by atoms with Crippen LogP contribution < -0.4 is 10.6 Å². The molecule has 2 aromatic carbocycles. The Kier molecular flexibility index (Phi) is 7.27. The number of aliphatic imine (C=N–C) groups is 1. The second kappa shape index (κ2) is 9.89. The minimum Gasteiger partial charge on any atom is -0.391 e. The minimum absolute atomic E-state index is 0. The van der Waals surface area contributed by atoms with Gasteiger partial charge in [0.1, 0.15) is 0 Å². The van der Waals surface area contributed by atoms with Gasteiger partial charge in [0.15, 0.2) is 5.96 Å². The summed E-state index contributed by atoms with van der Waals surface area (Å²) in [5.74, 6) is 0.746. The maximum Gasteiger partial charge on any atom is 0.191 e. The molecule has 4 rings (SSSR count). The van der Waals surface area contributed by atoms with Crippen molar-refractivity contribution in [2.24, 2.45) is 4.99 Å². The number of hydrogen-bond acceptors (Lipinski definition) is 5. The molecular formula is C22H26IN5O. The molecule has 2 atom stereocenters. The average molecular weight is 503 g/mol. The molecular weight excluding hydrogens is 477 g/mol. The summed E-state index contributed by atoms with van der Waals surface area (Å²) in [6.45, 7) is 3.82. The molecule has 3 N–H and O–H groups in total. The van der Waals surface area contributed by atoms with E-state index >= 15 is 0 Å². The van der Waals surface area contributed by atoms with Crippen LogP contribution in [0.15, 0.2) is 72.0 Å². The Labute approximate surface area is 188 Å². The highest BCUT2D eigenvalue weighted by atomic mass is 127. The van der Waals surface area contributed by atoms with E-state index in [-0.39, 0.29) is 30.0 Å². The Hall–Kier alpha value is -2.39. The lowest BCUT2D eigenvalue weighted by atomic mass is 9.98. The third-order valence-corrected chi connectivity index (χ3v) is 4.98. The summed E-state index contributed by atoms with van der Waals surface area (Å²) >= 11 is 0. The molecule has 2 heterocycles. The summed E-state index contributed by atoms with van der Waals surface area (Å²) in [4.78, 5) is 4.43. The van der Waals surface area contributed by atoms with Crippen molar-refractivity contribution in [2.75, 3.05) is 6.54 Å². The normalized spacial score (nSPS) is 16.5. The standard InChI is InChI=1S/C22H25N5O.HI/c1-16(28)21-14-24-22(26-21)23-13-19-5-2-3-6-20(19)18-9-7-17(8-10-18)15-27-12-4-11-25-27;/h2-12,16,21,28H,13-15H2,1H3,(H2,23,24,26);1H. The van der Waals surface area contributed by atoms with Gasteiger partial charge in [0.25, 0.3) is 0 Å². The molecule has 29 heavy (non-hydrogen) atoms. The molecule has 0 radical (unpaired) electrons. The zero-order valence-electron chi connectivity index (χ0n) is 16.3. The highest BCUT2D eigenvalue weighted by molar-refractivity contribution is 14.0. The first kappa shape index (κ1) is 21.3. The van der Waals surface area contributed by atoms with Gasteiger partial charge in [-0.15, -0.1) is 24.0 Å². The lowest BCUT2D eigenvalue weighted by Crippen LogP contribution is -2.43. The zero-order chi connectivity index (χ0) is 19.3. The van der Waals surface area contributed by atoms with Gasteiger partial charge in [-0.2, -0.15) is 5.10 Å². The number of benzene rings is 2. The average Bonchev–Trinajstić information content (AvgIpc) is 3.39. The maximum atomic E-state index is 9.68. The lowest BCUT2D eigenvalue weighted by Gasteiger charge is -2.16. The third kappa shape index (κ3) is 5.36. The van der Waals surface area contributed by atoms with E-state index in [0.717, 1.165) is 12.5 Å². The van der Waals surface area contributed by atoms with Crippen LogP contribution in [0.2, 0.25) is 0 Å². The van der Waals surface area contributed by atoms with Gasteiger partial charge >= 0.3 is 0 Å². The largest absolute Gasteiger partial charge is 0.391 e. The van der Waals surface area contributed by atoms with E-state index in [4.69, 9.17) is 0 Å². The van der Waals surface area contributed by atoms with Gasteiger partial charge in [0, 0.05) is 18.9 Å². The fourth-order valence-electron chi connectivity index (χ4n) is 3.34. The summed E-state index contributed by atoms with van der Waals surface area (Å²) in [6, 6.07) is 18.9. The fraction of sp³-hybridized carbons (Fsp3) is 0.273. The Morgan fingerprint density at radius 1 is 1.17 bits per heavy atom. The first-order chi connectivity index (χ1) is 13.7. The van der Waals surface area contributed by atoms with Gasteiger partial charge in [0.05, 0.1) is 25.2 Å². The molecule has 0 aliphatic carbocycles. The predicted octanol–water partition coefficient (Wildman–Crippen LogP) is 3.01. The van der Waals surface area contributed by atoms with Crippen molar-refractivity contribution < 1.29 is 5.11 Å². The molecule has 0 spiro atoms. The van der Waals surface area contributed by atoms with Crippen molar-refractivity contribution in [1.29, 1.82) is 0 Å². The Morgan fingerprint density at radius 3 is 2.66 bits per heavy atom. The number of aliphatic hydroxyl groups excluding tert-OH is 1. The van der Waals surface area contributed by atoms with Crippen LogP contribution in [0.1, 0.15) is 18.1 Å². The van der Waals surface area contributed by atoms with E-state index in [1.807, 2.05) is 16.9 Å². The molecule has 1 aromatic heterocycles. The summed E-state index contributed by atoms with van der Waals surface area (Å²) in [7, 11) is 0. The molecule has 152 valence electrons. The fourth-order valence-corrected chi connectivity index (χ4v) is 3.34. The molecule has 0 saturated carbocycles. The number of hydrogen-bond donors (Lipinski definition) is 3. The van der Waals surface area contributed by atoms with Crippen molar-refractivity contribution in [3.05, 3.63) is 78.1 Å². The molecule has 2 unspecified atom stereocenters. The molecule has 1 aliphatic heterocycles. The van der Waals surface area contributed by atoms with Gasteiger partial charge < -0.3 is 15.7 Å². The van der Waals surface area contributed by atoms with E-state index < -0.39 is 6.10 Å². The SMILES string of the molecule is CC(O)C1CN=C(NCc2ccccc2-c2ccc(Cn3cccn3)cc2)N1.I. The van der Waals surface area contributed by atoms with Crippen molar-refractivity contribution in [3.8, 4) is 11.1 Å².